The van der Waals surface area contributed by atoms with Crippen LogP contribution in [0.4, 0.5) is 17.1 Å². The molecule has 58 heavy (non-hydrogen) atoms. The number of para-hydroxylation sites is 1. The highest BCUT2D eigenvalue weighted by Crippen LogP contribution is 2.51. The van der Waals surface area contributed by atoms with Crippen LogP contribution in [-0.4, -0.2) is 0 Å². The van der Waals surface area contributed by atoms with Crippen molar-refractivity contribution in [1.82, 2.24) is 0 Å². The summed E-state index contributed by atoms with van der Waals surface area (Å²) >= 11 is 0. The first-order chi connectivity index (χ1) is 28.5. The van der Waals surface area contributed by atoms with Gasteiger partial charge in [-0.2, -0.15) is 0 Å². The summed E-state index contributed by atoms with van der Waals surface area (Å²) in [5.74, 6) is 0. The normalized spacial score (nSPS) is 13.1. The molecule has 3 nitrogen and oxygen atoms in total. The van der Waals surface area contributed by atoms with Gasteiger partial charge in [0.15, 0.2) is 5.58 Å². The second-order valence-corrected chi connectivity index (χ2v) is 16.1. The van der Waals surface area contributed by atoms with Gasteiger partial charge >= 0.3 is 0 Å². The summed E-state index contributed by atoms with van der Waals surface area (Å²) in [6.07, 6.45) is 0. The first-order valence-corrected chi connectivity index (χ1v) is 20.0. The summed E-state index contributed by atoms with van der Waals surface area (Å²) in [5.41, 5.74) is 16.3. The molecule has 0 atom stereocenters. The molecular weight excluding hydrogens is 707 g/mol. The lowest BCUT2D eigenvalue weighted by Crippen LogP contribution is -2.14. The van der Waals surface area contributed by atoms with E-state index < -0.39 is 0 Å². The second kappa shape index (κ2) is 12.3. The first-order valence-electron chi connectivity index (χ1n) is 20.0. The zero-order chi connectivity index (χ0) is 38.5. The molecular formula is C55H37NO2. The average molecular weight is 744 g/mol. The molecule has 274 valence electrons. The number of furan rings is 2. The molecule has 0 unspecified atom stereocenters. The van der Waals surface area contributed by atoms with E-state index in [-0.39, 0.29) is 5.41 Å². The largest absolute Gasteiger partial charge is 0.456 e. The Morgan fingerprint density at radius 1 is 0.397 bits per heavy atom. The van der Waals surface area contributed by atoms with Crippen LogP contribution in [-0.2, 0) is 5.41 Å². The van der Waals surface area contributed by atoms with E-state index in [2.05, 4.69) is 189 Å². The third kappa shape index (κ3) is 4.86. The molecule has 0 saturated heterocycles. The minimum atomic E-state index is -0.128. The Balaban J connectivity index is 1.16. The van der Waals surface area contributed by atoms with Crippen LogP contribution < -0.4 is 4.90 Å². The van der Waals surface area contributed by atoms with Gasteiger partial charge in [0, 0.05) is 38.3 Å². The fourth-order valence-electron chi connectivity index (χ4n) is 9.56. The fraction of sp³-hybridized carbons (Fsp3) is 0.0545. The predicted molar refractivity (Wildman–Crippen MR) is 242 cm³/mol. The van der Waals surface area contributed by atoms with Gasteiger partial charge in [-0.25, -0.2) is 0 Å². The molecule has 0 bridgehead atoms. The number of benzene rings is 9. The molecule has 3 heteroatoms. The summed E-state index contributed by atoms with van der Waals surface area (Å²) in [7, 11) is 0. The lowest BCUT2D eigenvalue weighted by molar-refractivity contribution is 0.660. The number of nitrogens with zero attached hydrogens (tertiary/aromatic N) is 1. The van der Waals surface area contributed by atoms with Crippen LogP contribution in [0.3, 0.4) is 0 Å². The van der Waals surface area contributed by atoms with Crippen LogP contribution in [0.2, 0.25) is 0 Å². The van der Waals surface area contributed by atoms with Crippen molar-refractivity contribution in [2.45, 2.75) is 19.3 Å². The van der Waals surface area contributed by atoms with Gasteiger partial charge in [0.2, 0.25) is 0 Å². The van der Waals surface area contributed by atoms with Crippen molar-refractivity contribution >= 4 is 71.7 Å². The van der Waals surface area contributed by atoms with Crippen LogP contribution >= 0.6 is 0 Å². The molecule has 9 aromatic carbocycles. The lowest BCUT2D eigenvalue weighted by atomic mass is 9.81. The van der Waals surface area contributed by atoms with Gasteiger partial charge in [-0.1, -0.05) is 141 Å². The quantitative estimate of drug-likeness (QED) is 0.176. The third-order valence-electron chi connectivity index (χ3n) is 12.4. The van der Waals surface area contributed by atoms with E-state index in [0.717, 1.165) is 66.5 Å². The van der Waals surface area contributed by atoms with Gasteiger partial charge in [-0.3, -0.25) is 0 Å². The van der Waals surface area contributed by atoms with Gasteiger partial charge in [-0.05, 0) is 116 Å². The zero-order valence-electron chi connectivity index (χ0n) is 32.2. The van der Waals surface area contributed by atoms with Crippen LogP contribution in [0.25, 0.3) is 88.0 Å². The predicted octanol–water partition coefficient (Wildman–Crippen LogP) is 15.7. The Labute approximate surface area is 336 Å². The van der Waals surface area contributed by atoms with Gasteiger partial charge in [0.05, 0.1) is 5.69 Å². The van der Waals surface area contributed by atoms with Crippen molar-refractivity contribution in [2.75, 3.05) is 4.90 Å². The molecule has 0 saturated carbocycles. The SMILES string of the molecule is CC1(C)c2ccccc2-c2ccc(-c3cc(N(c4ccc(-c5ccccc5)cc4)c4ccc5ccccc5c4)c4oc5ccc6oc7ccccc7c6c5c4c3)cc21. The number of rotatable bonds is 5. The van der Waals surface area contributed by atoms with Crippen molar-refractivity contribution in [2.24, 2.45) is 0 Å². The van der Waals surface area contributed by atoms with Gasteiger partial charge in [0.25, 0.3) is 0 Å². The number of anilines is 3. The molecule has 12 rings (SSSR count). The van der Waals surface area contributed by atoms with Crippen LogP contribution in [0.1, 0.15) is 25.0 Å². The molecule has 1 aliphatic rings. The van der Waals surface area contributed by atoms with Crippen molar-refractivity contribution in [3.05, 3.63) is 199 Å². The van der Waals surface area contributed by atoms with E-state index in [1.54, 1.807) is 0 Å². The molecule has 0 aliphatic heterocycles. The van der Waals surface area contributed by atoms with E-state index in [4.69, 9.17) is 8.83 Å². The van der Waals surface area contributed by atoms with Crippen molar-refractivity contribution < 1.29 is 8.83 Å². The lowest BCUT2D eigenvalue weighted by Gasteiger charge is -2.27. The van der Waals surface area contributed by atoms with E-state index in [9.17, 15) is 0 Å². The van der Waals surface area contributed by atoms with Gasteiger partial charge in [-0.15, -0.1) is 0 Å². The molecule has 2 aromatic heterocycles. The fourth-order valence-corrected chi connectivity index (χ4v) is 9.56. The first kappa shape index (κ1) is 32.8. The highest BCUT2D eigenvalue weighted by Gasteiger charge is 2.35. The summed E-state index contributed by atoms with van der Waals surface area (Å²) in [6, 6.07) is 67.7. The number of hydrogen-bond acceptors (Lipinski definition) is 3. The number of fused-ring (bicyclic) bond motifs is 11. The standard InChI is InChI=1S/C55H37NO2/c1-55(2)46-18-10-8-16-42(46)43-27-23-38(32-47(43)55)39-31-45-53-51(29-28-50-52(53)44-17-9-11-19-49(44)57-50)58-54(45)48(33-39)56(41-26-22-35-14-6-7-15-37(35)30-41)40-24-20-36(21-25-40)34-12-4-3-5-13-34/h3-33H,1-2H3. The molecule has 0 amide bonds. The number of hydrogen-bond donors (Lipinski definition) is 0. The van der Waals surface area contributed by atoms with Crippen LogP contribution in [0.15, 0.2) is 197 Å². The minimum Gasteiger partial charge on any atom is -0.456 e. The maximum atomic E-state index is 7.07. The Morgan fingerprint density at radius 3 is 1.91 bits per heavy atom. The van der Waals surface area contributed by atoms with E-state index in [1.807, 2.05) is 18.2 Å². The molecule has 0 fully saturated rings. The summed E-state index contributed by atoms with van der Waals surface area (Å²) in [5, 5.41) is 6.64. The average Bonchev–Trinajstić information content (AvgIpc) is 3.91. The van der Waals surface area contributed by atoms with E-state index >= 15 is 0 Å². The van der Waals surface area contributed by atoms with Crippen LogP contribution in [0.5, 0.6) is 0 Å². The molecule has 0 radical (unpaired) electrons. The molecule has 0 N–H and O–H groups in total. The van der Waals surface area contributed by atoms with E-state index in [1.165, 1.54) is 49.7 Å². The third-order valence-corrected chi connectivity index (χ3v) is 12.4. The molecule has 0 spiro atoms. The van der Waals surface area contributed by atoms with Crippen molar-refractivity contribution in [3.8, 4) is 33.4 Å². The summed E-state index contributed by atoms with van der Waals surface area (Å²) in [6.45, 7) is 4.70. The topological polar surface area (TPSA) is 29.5 Å². The zero-order valence-corrected chi connectivity index (χ0v) is 32.2. The molecule has 1 aliphatic carbocycles. The Morgan fingerprint density at radius 2 is 1.05 bits per heavy atom. The van der Waals surface area contributed by atoms with Crippen molar-refractivity contribution in [3.63, 3.8) is 0 Å². The summed E-state index contributed by atoms with van der Waals surface area (Å²) < 4.78 is 13.5. The monoisotopic (exact) mass is 743 g/mol. The Bertz CT molecular complexity index is 3420. The summed E-state index contributed by atoms with van der Waals surface area (Å²) in [4.78, 5) is 2.37. The Hall–Kier alpha value is -7.36. The minimum absolute atomic E-state index is 0.128. The maximum absolute atomic E-state index is 7.07. The molecule has 2 heterocycles. The smallest absolute Gasteiger partial charge is 0.159 e. The highest BCUT2D eigenvalue weighted by molar-refractivity contribution is 6.27. The highest BCUT2D eigenvalue weighted by atomic mass is 16.3. The molecule has 11 aromatic rings. The van der Waals surface area contributed by atoms with Crippen LogP contribution in [0, 0.1) is 0 Å². The van der Waals surface area contributed by atoms with Gasteiger partial charge in [0.1, 0.15) is 16.7 Å². The van der Waals surface area contributed by atoms with Gasteiger partial charge < -0.3 is 13.7 Å². The van der Waals surface area contributed by atoms with Crippen molar-refractivity contribution in [1.29, 1.82) is 0 Å². The van der Waals surface area contributed by atoms with E-state index in [0.29, 0.717) is 0 Å². The maximum Gasteiger partial charge on any atom is 0.159 e. The Kier molecular flexibility index (Phi) is 6.98. The second-order valence-electron chi connectivity index (χ2n) is 16.1.